The lowest BCUT2D eigenvalue weighted by Crippen LogP contribution is -2.47. The summed E-state index contributed by atoms with van der Waals surface area (Å²) < 4.78 is 33.1. The fourth-order valence-electron chi connectivity index (χ4n) is 3.68. The molecular weight excluding hydrogens is 352 g/mol. The zero-order valence-electron chi connectivity index (χ0n) is 15.9. The van der Waals surface area contributed by atoms with Gasteiger partial charge >= 0.3 is 5.97 Å². The van der Waals surface area contributed by atoms with Crippen LogP contribution < -0.4 is 5.32 Å². The first-order chi connectivity index (χ1) is 13.0. The van der Waals surface area contributed by atoms with E-state index in [0.717, 1.165) is 18.8 Å². The molecule has 0 amide bonds. The first-order valence-corrected chi connectivity index (χ1v) is 9.71. The lowest BCUT2D eigenvalue weighted by atomic mass is 9.97. The molecule has 1 aliphatic carbocycles. The molecule has 1 aromatic carbocycles. The molecule has 1 saturated carbocycles. The van der Waals surface area contributed by atoms with E-state index in [9.17, 15) is 13.6 Å². The van der Waals surface area contributed by atoms with Crippen LogP contribution in [0.2, 0.25) is 0 Å². The first kappa shape index (κ1) is 19.6. The minimum absolute atomic E-state index is 0.0236. The molecule has 0 spiro atoms. The van der Waals surface area contributed by atoms with E-state index in [-0.39, 0.29) is 29.4 Å². The Bertz CT molecular complexity index is 682. The number of carbonyl (C=O) groups excluding carboxylic acids is 1. The van der Waals surface area contributed by atoms with Crippen molar-refractivity contribution in [2.45, 2.75) is 45.1 Å². The third kappa shape index (κ3) is 4.57. The molecule has 1 N–H and O–H groups in total. The van der Waals surface area contributed by atoms with Crippen molar-refractivity contribution in [3.63, 3.8) is 0 Å². The average Bonchev–Trinajstić information content (AvgIpc) is 3.40. The predicted octanol–water partition coefficient (Wildman–Crippen LogP) is 3.06. The van der Waals surface area contributed by atoms with Gasteiger partial charge in [0.05, 0.1) is 12.5 Å². The van der Waals surface area contributed by atoms with Crippen LogP contribution in [-0.4, -0.2) is 49.1 Å². The van der Waals surface area contributed by atoms with E-state index < -0.39 is 11.6 Å². The quantitative estimate of drug-likeness (QED) is 0.485. The second-order valence-corrected chi connectivity index (χ2v) is 7.04. The summed E-state index contributed by atoms with van der Waals surface area (Å²) in [6.07, 6.45) is 2.12. The van der Waals surface area contributed by atoms with E-state index in [1.807, 2.05) is 13.8 Å². The molecule has 3 rings (SSSR count). The van der Waals surface area contributed by atoms with Crippen molar-refractivity contribution in [3.8, 4) is 0 Å². The number of likely N-dealkylation sites (tertiary alicyclic amines) is 1. The van der Waals surface area contributed by atoms with Crippen LogP contribution in [0.15, 0.2) is 23.2 Å². The molecule has 1 heterocycles. The smallest absolute Gasteiger partial charge is 0.309 e. The molecule has 0 bridgehead atoms. The molecule has 2 aliphatic rings. The number of nitrogens with zero attached hydrogens (tertiary/aromatic N) is 2. The number of rotatable bonds is 5. The van der Waals surface area contributed by atoms with Gasteiger partial charge < -0.3 is 15.0 Å². The van der Waals surface area contributed by atoms with Crippen molar-refractivity contribution >= 4 is 11.9 Å². The SMILES string of the molecule is CCN=C(NC1CC1c1c(F)cccc1F)N1CCC(C(=O)OCC)CC1. The highest BCUT2D eigenvalue weighted by atomic mass is 19.1. The van der Waals surface area contributed by atoms with Crippen LogP contribution >= 0.6 is 0 Å². The predicted molar refractivity (Wildman–Crippen MR) is 99.5 cm³/mol. The number of guanidine groups is 1. The Morgan fingerprint density at radius 2 is 1.93 bits per heavy atom. The van der Waals surface area contributed by atoms with Gasteiger partial charge in [0.1, 0.15) is 11.6 Å². The largest absolute Gasteiger partial charge is 0.466 e. The third-order valence-electron chi connectivity index (χ3n) is 5.20. The fraction of sp³-hybridized carbons (Fsp3) is 0.600. The number of carbonyl (C=O) groups is 1. The Labute approximate surface area is 158 Å². The normalized spacial score (nSPS) is 23.3. The molecule has 2 atom stereocenters. The van der Waals surface area contributed by atoms with Gasteiger partial charge in [-0.3, -0.25) is 9.79 Å². The Morgan fingerprint density at radius 1 is 1.26 bits per heavy atom. The molecule has 1 aliphatic heterocycles. The van der Waals surface area contributed by atoms with Crippen LogP contribution in [0.4, 0.5) is 8.78 Å². The maximum absolute atomic E-state index is 14.0. The second-order valence-electron chi connectivity index (χ2n) is 7.04. The monoisotopic (exact) mass is 379 g/mol. The number of ether oxygens (including phenoxy) is 1. The molecule has 27 heavy (non-hydrogen) atoms. The number of nitrogens with one attached hydrogen (secondary N) is 1. The molecule has 148 valence electrons. The van der Waals surface area contributed by atoms with Crippen LogP contribution in [0.5, 0.6) is 0 Å². The van der Waals surface area contributed by atoms with Gasteiger partial charge in [0.25, 0.3) is 0 Å². The van der Waals surface area contributed by atoms with E-state index in [2.05, 4.69) is 15.2 Å². The summed E-state index contributed by atoms with van der Waals surface area (Å²) in [5.41, 5.74) is 0.159. The number of benzene rings is 1. The Balaban J connectivity index is 1.59. The average molecular weight is 379 g/mol. The summed E-state index contributed by atoms with van der Waals surface area (Å²) in [4.78, 5) is 18.5. The molecule has 1 aromatic rings. The highest BCUT2D eigenvalue weighted by molar-refractivity contribution is 5.81. The van der Waals surface area contributed by atoms with Gasteiger partial charge in [-0.15, -0.1) is 0 Å². The van der Waals surface area contributed by atoms with E-state index >= 15 is 0 Å². The van der Waals surface area contributed by atoms with Crippen molar-refractivity contribution in [1.29, 1.82) is 0 Å². The molecule has 5 nitrogen and oxygen atoms in total. The highest BCUT2D eigenvalue weighted by Crippen LogP contribution is 2.43. The maximum atomic E-state index is 14.0. The summed E-state index contributed by atoms with van der Waals surface area (Å²) >= 11 is 0. The van der Waals surface area contributed by atoms with Gasteiger partial charge in [0, 0.05) is 37.2 Å². The van der Waals surface area contributed by atoms with Crippen LogP contribution in [0.3, 0.4) is 0 Å². The number of halogens is 2. The molecule has 0 radical (unpaired) electrons. The molecule has 0 aromatic heterocycles. The van der Waals surface area contributed by atoms with Gasteiger partial charge in [0.2, 0.25) is 0 Å². The molecule has 2 unspecified atom stereocenters. The third-order valence-corrected chi connectivity index (χ3v) is 5.20. The summed E-state index contributed by atoms with van der Waals surface area (Å²) in [6, 6.07) is 3.96. The molecule has 2 fully saturated rings. The summed E-state index contributed by atoms with van der Waals surface area (Å²) in [7, 11) is 0. The van der Waals surface area contributed by atoms with Crippen LogP contribution in [0, 0.1) is 17.6 Å². The van der Waals surface area contributed by atoms with Crippen molar-refractivity contribution < 1.29 is 18.3 Å². The lowest BCUT2D eigenvalue weighted by molar-refractivity contribution is -0.149. The van der Waals surface area contributed by atoms with Gasteiger partial charge in [-0.2, -0.15) is 0 Å². The molecule has 1 saturated heterocycles. The molecular formula is C20H27F2N3O2. The van der Waals surface area contributed by atoms with Crippen molar-refractivity contribution in [3.05, 3.63) is 35.4 Å². The van der Waals surface area contributed by atoms with Gasteiger partial charge in [-0.05, 0) is 45.2 Å². The van der Waals surface area contributed by atoms with Crippen molar-refractivity contribution in [1.82, 2.24) is 10.2 Å². The van der Waals surface area contributed by atoms with Gasteiger partial charge in [-0.1, -0.05) is 6.07 Å². The second kappa shape index (κ2) is 8.67. The van der Waals surface area contributed by atoms with E-state index in [1.54, 1.807) is 0 Å². The number of aliphatic imine (C=N–C) groups is 1. The van der Waals surface area contributed by atoms with Crippen molar-refractivity contribution in [2.24, 2.45) is 10.9 Å². The minimum atomic E-state index is -0.492. The van der Waals surface area contributed by atoms with E-state index in [0.29, 0.717) is 32.7 Å². The van der Waals surface area contributed by atoms with Crippen LogP contribution in [-0.2, 0) is 9.53 Å². The maximum Gasteiger partial charge on any atom is 0.309 e. The number of esters is 1. The Kier molecular flexibility index (Phi) is 6.29. The van der Waals surface area contributed by atoms with Gasteiger partial charge in [-0.25, -0.2) is 8.78 Å². The van der Waals surface area contributed by atoms with Gasteiger partial charge in [0.15, 0.2) is 5.96 Å². The summed E-state index contributed by atoms with van der Waals surface area (Å²) in [5.74, 6) is -0.599. The minimum Gasteiger partial charge on any atom is -0.466 e. The Morgan fingerprint density at radius 3 is 2.52 bits per heavy atom. The Hall–Kier alpha value is -2.18. The summed E-state index contributed by atoms with van der Waals surface area (Å²) in [5, 5.41) is 3.36. The molecule has 7 heteroatoms. The fourth-order valence-corrected chi connectivity index (χ4v) is 3.68. The highest BCUT2D eigenvalue weighted by Gasteiger charge is 2.43. The van der Waals surface area contributed by atoms with Crippen LogP contribution in [0.25, 0.3) is 0 Å². The number of hydrogen-bond donors (Lipinski definition) is 1. The standard InChI is InChI=1S/C20H27F2N3O2/c1-3-23-20(25-10-8-13(9-11-25)19(26)27-4-2)24-17-12-14(17)18-15(21)6-5-7-16(18)22/h5-7,13-14,17H,3-4,8-12H2,1-2H3,(H,23,24). The zero-order valence-corrected chi connectivity index (χ0v) is 15.9. The first-order valence-electron chi connectivity index (χ1n) is 9.71. The number of hydrogen-bond acceptors (Lipinski definition) is 3. The van der Waals surface area contributed by atoms with E-state index in [4.69, 9.17) is 4.74 Å². The zero-order chi connectivity index (χ0) is 19.4. The summed E-state index contributed by atoms with van der Waals surface area (Å²) in [6.45, 7) is 6.20. The van der Waals surface area contributed by atoms with Crippen LogP contribution in [0.1, 0.15) is 44.6 Å². The van der Waals surface area contributed by atoms with Crippen molar-refractivity contribution in [2.75, 3.05) is 26.2 Å². The topological polar surface area (TPSA) is 53.9 Å². The number of piperidine rings is 1. The van der Waals surface area contributed by atoms with E-state index in [1.165, 1.54) is 18.2 Å². The lowest BCUT2D eigenvalue weighted by Gasteiger charge is -2.33.